The first kappa shape index (κ1) is 13.5. The van der Waals surface area contributed by atoms with E-state index in [-0.39, 0.29) is 6.42 Å². The van der Waals surface area contributed by atoms with Gasteiger partial charge in [0, 0.05) is 0 Å². The summed E-state index contributed by atoms with van der Waals surface area (Å²) in [5, 5.41) is 0. The van der Waals surface area contributed by atoms with Gasteiger partial charge in [-0.05, 0) is 12.0 Å². The summed E-state index contributed by atoms with van der Waals surface area (Å²) < 4.78 is 39.9. The molecule has 0 amide bonds. The van der Waals surface area contributed by atoms with Gasteiger partial charge in [0.1, 0.15) is 0 Å². The lowest BCUT2D eigenvalue weighted by Crippen LogP contribution is -2.35. The second kappa shape index (κ2) is 5.67. The third-order valence-electron chi connectivity index (χ3n) is 2.36. The largest absolute Gasteiger partial charge is 0.305 e. The molecule has 90 valence electrons. The Kier molecular flexibility index (Phi) is 4.79. The Hall–Kier alpha value is -0.560. The van der Waals surface area contributed by atoms with E-state index in [1.54, 1.807) is 37.3 Å². The highest BCUT2D eigenvalue weighted by Crippen LogP contribution is 2.35. The number of hydrogen-bond donors (Lipinski definition) is 2. The van der Waals surface area contributed by atoms with Crippen LogP contribution in [0.5, 0.6) is 0 Å². The molecule has 0 aliphatic rings. The monoisotopic (exact) mass is 262 g/mol. The predicted molar refractivity (Wildman–Crippen MR) is 64.6 cm³/mol. The van der Waals surface area contributed by atoms with Crippen LogP contribution >= 0.6 is 0 Å². The Balaban J connectivity index is 3.33. The van der Waals surface area contributed by atoms with Crippen LogP contribution < -0.4 is 0 Å². The van der Waals surface area contributed by atoms with E-state index in [0.29, 0.717) is 12.0 Å². The Morgan fingerprint density at radius 1 is 1.12 bits per heavy atom. The lowest BCUT2D eigenvalue weighted by molar-refractivity contribution is 0.494. The average molecular weight is 262 g/mol. The molecule has 0 saturated carbocycles. The normalized spacial score (nSPS) is 18.7. The molecule has 2 N–H and O–H groups in total. The van der Waals surface area contributed by atoms with Gasteiger partial charge >= 0.3 is 0 Å². The predicted octanol–water partition coefficient (Wildman–Crippen LogP) is 2.08. The highest BCUT2D eigenvalue weighted by Gasteiger charge is 2.44. The van der Waals surface area contributed by atoms with E-state index in [1.165, 1.54) is 0 Å². The van der Waals surface area contributed by atoms with Gasteiger partial charge in [0.05, 0.1) is 0 Å². The van der Waals surface area contributed by atoms with Crippen molar-refractivity contribution in [3.8, 4) is 0 Å². The fourth-order valence-corrected chi connectivity index (χ4v) is 3.52. The summed E-state index contributed by atoms with van der Waals surface area (Å²) in [5.41, 5.74) is 0.415. The minimum atomic E-state index is -2.39. The minimum absolute atomic E-state index is 0.184. The summed E-state index contributed by atoms with van der Waals surface area (Å²) in [5.74, 6) is 0. The van der Waals surface area contributed by atoms with E-state index in [4.69, 9.17) is 0 Å². The van der Waals surface area contributed by atoms with Crippen LogP contribution in [-0.2, 0) is 26.2 Å². The van der Waals surface area contributed by atoms with Gasteiger partial charge in [-0.15, -0.1) is 0 Å². The minimum Gasteiger partial charge on any atom is -0.305 e. The standard InChI is InChI=1S/C10H14O4S2/c1-2-8-10(15(11)12,16(13)14)9-6-4-3-5-7-9/h3-7H,2,8H2,1H3,(H,11,12)(H,13,14). The maximum absolute atomic E-state index is 11.4. The second-order valence-corrected chi connectivity index (χ2v) is 6.02. The fourth-order valence-electron chi connectivity index (χ4n) is 1.60. The Morgan fingerprint density at radius 3 is 2.00 bits per heavy atom. The van der Waals surface area contributed by atoms with Gasteiger partial charge in [-0.1, -0.05) is 43.7 Å². The Bertz CT molecular complexity index is 377. The lowest BCUT2D eigenvalue weighted by atomic mass is 10.1. The number of benzene rings is 1. The highest BCUT2D eigenvalue weighted by atomic mass is 32.3. The zero-order valence-corrected chi connectivity index (χ0v) is 10.5. The maximum atomic E-state index is 11.4. The summed E-state index contributed by atoms with van der Waals surface area (Å²) in [6, 6.07) is 8.30. The molecule has 0 bridgehead atoms. The van der Waals surface area contributed by atoms with E-state index >= 15 is 0 Å². The topological polar surface area (TPSA) is 74.6 Å². The fraction of sp³-hybridized carbons (Fsp3) is 0.400. The molecule has 16 heavy (non-hydrogen) atoms. The zero-order valence-electron chi connectivity index (χ0n) is 8.83. The third kappa shape index (κ3) is 2.40. The van der Waals surface area contributed by atoms with Crippen molar-refractivity contribution in [2.45, 2.75) is 23.8 Å². The van der Waals surface area contributed by atoms with Crippen molar-refractivity contribution in [2.75, 3.05) is 0 Å². The van der Waals surface area contributed by atoms with Gasteiger partial charge in [-0.2, -0.15) is 0 Å². The molecule has 0 heterocycles. The Labute approximate surface area is 99.6 Å². The van der Waals surface area contributed by atoms with E-state index in [1.807, 2.05) is 0 Å². The van der Waals surface area contributed by atoms with Crippen LogP contribution in [0.4, 0.5) is 0 Å². The molecule has 0 spiro atoms. The molecule has 0 saturated heterocycles. The van der Waals surface area contributed by atoms with Crippen LogP contribution in [0.1, 0.15) is 25.3 Å². The van der Waals surface area contributed by atoms with Crippen molar-refractivity contribution in [1.29, 1.82) is 0 Å². The SMILES string of the molecule is CCCC(c1ccccc1)(S(=O)O)S(=O)O. The molecule has 1 aromatic carbocycles. The Morgan fingerprint density at radius 2 is 1.62 bits per heavy atom. The van der Waals surface area contributed by atoms with Crippen molar-refractivity contribution in [3.05, 3.63) is 35.9 Å². The third-order valence-corrected chi connectivity index (χ3v) is 5.22. The van der Waals surface area contributed by atoms with Crippen molar-refractivity contribution < 1.29 is 17.5 Å². The highest BCUT2D eigenvalue weighted by molar-refractivity contribution is 7.98. The molecule has 0 radical (unpaired) electrons. The molecule has 0 fully saturated rings. The first-order chi connectivity index (χ1) is 7.55. The maximum Gasteiger partial charge on any atom is 0.196 e. The first-order valence-electron chi connectivity index (χ1n) is 4.83. The van der Waals surface area contributed by atoms with Crippen LogP contribution in [-0.4, -0.2) is 17.5 Å². The van der Waals surface area contributed by atoms with Crippen molar-refractivity contribution in [1.82, 2.24) is 0 Å². The van der Waals surface area contributed by atoms with Gasteiger partial charge in [0.15, 0.2) is 26.2 Å². The molecule has 2 atom stereocenters. The number of hydrogen-bond acceptors (Lipinski definition) is 2. The summed E-state index contributed by atoms with van der Waals surface area (Å²) in [6.07, 6.45) is 0.733. The van der Waals surface area contributed by atoms with Crippen LogP contribution in [0.3, 0.4) is 0 Å². The molecular formula is C10H14O4S2. The van der Waals surface area contributed by atoms with Crippen molar-refractivity contribution in [2.24, 2.45) is 0 Å². The van der Waals surface area contributed by atoms with Gasteiger partial charge in [-0.25, -0.2) is 8.42 Å². The zero-order chi connectivity index (χ0) is 12.2. The van der Waals surface area contributed by atoms with Gasteiger partial charge in [0.2, 0.25) is 0 Å². The van der Waals surface area contributed by atoms with E-state index in [2.05, 4.69) is 0 Å². The molecule has 1 aromatic rings. The summed E-state index contributed by atoms with van der Waals surface area (Å²) in [7, 11) is 0. The average Bonchev–Trinajstić information content (AvgIpc) is 2.26. The summed E-state index contributed by atoms with van der Waals surface area (Å²) in [4.78, 5) is 0. The van der Waals surface area contributed by atoms with Gasteiger partial charge in [0.25, 0.3) is 0 Å². The van der Waals surface area contributed by atoms with E-state index in [0.717, 1.165) is 0 Å². The van der Waals surface area contributed by atoms with E-state index in [9.17, 15) is 17.5 Å². The molecule has 0 aliphatic heterocycles. The van der Waals surface area contributed by atoms with Crippen LogP contribution in [0.2, 0.25) is 0 Å². The molecule has 4 nitrogen and oxygen atoms in total. The molecule has 0 aromatic heterocycles. The van der Waals surface area contributed by atoms with Crippen LogP contribution in [0.25, 0.3) is 0 Å². The second-order valence-electron chi connectivity index (χ2n) is 3.37. The summed E-state index contributed by atoms with van der Waals surface area (Å²) >= 11 is -4.79. The van der Waals surface area contributed by atoms with Crippen molar-refractivity contribution in [3.63, 3.8) is 0 Å². The molecule has 0 aliphatic carbocycles. The molecule has 2 unspecified atom stereocenters. The smallest absolute Gasteiger partial charge is 0.196 e. The van der Waals surface area contributed by atoms with Crippen LogP contribution in [0, 0.1) is 0 Å². The molecular weight excluding hydrogens is 248 g/mol. The van der Waals surface area contributed by atoms with Gasteiger partial charge < -0.3 is 9.11 Å². The lowest BCUT2D eigenvalue weighted by Gasteiger charge is -2.26. The summed E-state index contributed by atoms with van der Waals surface area (Å²) in [6.45, 7) is 1.80. The first-order valence-corrected chi connectivity index (χ1v) is 7.04. The molecule has 1 rings (SSSR count). The quantitative estimate of drug-likeness (QED) is 0.797. The van der Waals surface area contributed by atoms with Gasteiger partial charge in [-0.3, -0.25) is 0 Å². The van der Waals surface area contributed by atoms with Crippen molar-refractivity contribution >= 4 is 22.2 Å². The number of rotatable bonds is 5. The molecule has 6 heteroatoms. The van der Waals surface area contributed by atoms with Crippen LogP contribution in [0.15, 0.2) is 30.3 Å². The van der Waals surface area contributed by atoms with E-state index < -0.39 is 26.2 Å².